The zero-order valence-corrected chi connectivity index (χ0v) is 23.9. The number of benzene rings is 1. The Kier molecular flexibility index (Phi) is 8.94. The number of hydrogen-bond donors (Lipinski definition) is 1. The van der Waals surface area contributed by atoms with E-state index in [9.17, 15) is 19.5 Å². The minimum absolute atomic E-state index is 0.207. The number of para-hydroxylation sites is 1. The van der Waals surface area contributed by atoms with E-state index in [0.29, 0.717) is 51.4 Å². The number of anilines is 1. The lowest BCUT2D eigenvalue weighted by Crippen LogP contribution is -2.59. The molecule has 4 aliphatic heterocycles. The molecule has 2 bridgehead atoms. The molecule has 3 amide bonds. The Morgan fingerprint density at radius 2 is 1.85 bits per heavy atom. The molecular weight excluding hydrogens is 524 g/mol. The molecule has 0 saturated carbocycles. The number of fused-ring (bicyclic) bond motifs is 1. The van der Waals surface area contributed by atoms with Gasteiger partial charge < -0.3 is 29.3 Å². The van der Waals surface area contributed by atoms with Gasteiger partial charge in [0.2, 0.25) is 17.7 Å². The van der Waals surface area contributed by atoms with Gasteiger partial charge in [0, 0.05) is 45.0 Å². The summed E-state index contributed by atoms with van der Waals surface area (Å²) in [5.74, 6) is -2.28. The highest BCUT2D eigenvalue weighted by Crippen LogP contribution is 2.59. The van der Waals surface area contributed by atoms with Gasteiger partial charge in [-0.05, 0) is 31.9 Å². The van der Waals surface area contributed by atoms with E-state index in [-0.39, 0.29) is 30.9 Å². The van der Waals surface area contributed by atoms with Crippen LogP contribution < -0.4 is 4.90 Å². The van der Waals surface area contributed by atoms with Crippen LogP contribution in [0.4, 0.5) is 5.69 Å². The molecular formula is C31H42N4O6. The number of carbonyl (C=O) groups is 3. The molecule has 0 aliphatic carbocycles. The van der Waals surface area contributed by atoms with Crippen LogP contribution >= 0.6 is 0 Å². The van der Waals surface area contributed by atoms with E-state index in [1.807, 2.05) is 30.3 Å². The van der Waals surface area contributed by atoms with Crippen LogP contribution in [0.25, 0.3) is 0 Å². The van der Waals surface area contributed by atoms with Gasteiger partial charge >= 0.3 is 0 Å². The molecule has 0 aromatic heterocycles. The number of likely N-dealkylation sites (tertiary alicyclic amines) is 1. The van der Waals surface area contributed by atoms with Crippen molar-refractivity contribution in [2.24, 2.45) is 11.8 Å². The Hall–Kier alpha value is -3.05. The molecule has 222 valence electrons. The molecule has 1 spiro atoms. The van der Waals surface area contributed by atoms with Crippen LogP contribution in [-0.2, 0) is 23.9 Å². The number of aliphatic hydroxyl groups excluding tert-OH is 1. The van der Waals surface area contributed by atoms with Crippen molar-refractivity contribution in [3.8, 4) is 0 Å². The van der Waals surface area contributed by atoms with Crippen molar-refractivity contribution in [3.63, 3.8) is 0 Å². The SMILES string of the molecule is C=CCN(CCN1CCOCC1)C(=O)C1N([C@H](C)CO)C(=O)[C@@H]2[C@@H](C(=O)N(CC=C)c3ccccc3)[C@H]3CCC12O3. The second kappa shape index (κ2) is 12.4. The largest absolute Gasteiger partial charge is 0.394 e. The molecule has 4 aliphatic rings. The number of carbonyl (C=O) groups excluding carboxylic acids is 3. The van der Waals surface area contributed by atoms with E-state index < -0.39 is 35.6 Å². The first-order chi connectivity index (χ1) is 19.9. The third kappa shape index (κ3) is 5.22. The quantitative estimate of drug-likeness (QED) is 0.381. The van der Waals surface area contributed by atoms with Crippen LogP contribution in [0, 0.1) is 11.8 Å². The number of ether oxygens (including phenoxy) is 2. The van der Waals surface area contributed by atoms with Crippen molar-refractivity contribution in [3.05, 3.63) is 55.6 Å². The van der Waals surface area contributed by atoms with Crippen molar-refractivity contribution in [2.45, 2.75) is 43.6 Å². The van der Waals surface area contributed by atoms with E-state index in [1.54, 1.807) is 28.9 Å². The summed E-state index contributed by atoms with van der Waals surface area (Å²) in [5, 5.41) is 10.2. The molecule has 41 heavy (non-hydrogen) atoms. The summed E-state index contributed by atoms with van der Waals surface area (Å²) in [6.07, 6.45) is 3.97. The molecule has 10 nitrogen and oxygen atoms in total. The first-order valence-corrected chi connectivity index (χ1v) is 14.7. The highest BCUT2D eigenvalue weighted by molar-refractivity contribution is 6.03. The van der Waals surface area contributed by atoms with Crippen LogP contribution in [0.2, 0.25) is 0 Å². The molecule has 1 aromatic rings. The van der Waals surface area contributed by atoms with Crippen molar-refractivity contribution in [2.75, 3.05) is 64.0 Å². The van der Waals surface area contributed by atoms with Crippen LogP contribution in [0.3, 0.4) is 0 Å². The van der Waals surface area contributed by atoms with E-state index >= 15 is 0 Å². The smallest absolute Gasteiger partial charge is 0.248 e. The fourth-order valence-electron chi connectivity index (χ4n) is 7.16. The van der Waals surface area contributed by atoms with Gasteiger partial charge in [-0.3, -0.25) is 19.3 Å². The van der Waals surface area contributed by atoms with Gasteiger partial charge in [-0.1, -0.05) is 30.4 Å². The third-order valence-corrected chi connectivity index (χ3v) is 9.09. The lowest BCUT2D eigenvalue weighted by atomic mass is 9.70. The second-order valence-electron chi connectivity index (χ2n) is 11.4. The summed E-state index contributed by atoms with van der Waals surface area (Å²) < 4.78 is 12.1. The molecule has 1 N–H and O–H groups in total. The molecule has 2 unspecified atom stereocenters. The van der Waals surface area contributed by atoms with E-state index in [2.05, 4.69) is 18.1 Å². The minimum atomic E-state index is -1.13. The summed E-state index contributed by atoms with van der Waals surface area (Å²) >= 11 is 0. The fourth-order valence-corrected chi connectivity index (χ4v) is 7.16. The lowest BCUT2D eigenvalue weighted by Gasteiger charge is -2.39. The molecule has 10 heteroatoms. The van der Waals surface area contributed by atoms with Crippen LogP contribution in [0.5, 0.6) is 0 Å². The average molecular weight is 567 g/mol. The summed E-state index contributed by atoms with van der Waals surface area (Å²) in [7, 11) is 0. The zero-order chi connectivity index (χ0) is 29.1. The van der Waals surface area contributed by atoms with Gasteiger partial charge in [-0.15, -0.1) is 13.2 Å². The van der Waals surface area contributed by atoms with E-state index in [1.165, 1.54) is 4.90 Å². The van der Waals surface area contributed by atoms with Gasteiger partial charge in [0.15, 0.2) is 0 Å². The molecule has 0 radical (unpaired) electrons. The Balaban J connectivity index is 1.47. The zero-order valence-electron chi connectivity index (χ0n) is 23.9. The van der Waals surface area contributed by atoms with Gasteiger partial charge in [0.05, 0.1) is 43.8 Å². The summed E-state index contributed by atoms with van der Waals surface area (Å²) in [6, 6.07) is 7.78. The molecule has 1 aromatic carbocycles. The minimum Gasteiger partial charge on any atom is -0.394 e. The topological polar surface area (TPSA) is 103 Å². The monoisotopic (exact) mass is 566 g/mol. The van der Waals surface area contributed by atoms with E-state index in [0.717, 1.165) is 13.1 Å². The Morgan fingerprint density at radius 3 is 2.51 bits per heavy atom. The van der Waals surface area contributed by atoms with Crippen molar-refractivity contribution in [1.29, 1.82) is 0 Å². The highest BCUT2D eigenvalue weighted by atomic mass is 16.5. The predicted molar refractivity (Wildman–Crippen MR) is 154 cm³/mol. The third-order valence-electron chi connectivity index (χ3n) is 9.09. The second-order valence-corrected chi connectivity index (χ2v) is 11.4. The number of rotatable bonds is 12. The molecule has 4 heterocycles. The van der Waals surface area contributed by atoms with Gasteiger partial charge in [-0.2, -0.15) is 0 Å². The highest BCUT2D eigenvalue weighted by Gasteiger charge is 2.75. The molecule has 4 saturated heterocycles. The normalized spacial score (nSPS) is 29.7. The van der Waals surface area contributed by atoms with Crippen LogP contribution in [-0.4, -0.2) is 120 Å². The summed E-state index contributed by atoms with van der Waals surface area (Å²) in [5.41, 5.74) is -0.412. The van der Waals surface area contributed by atoms with Crippen molar-refractivity contribution < 1.29 is 29.0 Å². The lowest BCUT2D eigenvalue weighted by molar-refractivity contribution is -0.150. The number of nitrogens with zero attached hydrogens (tertiary/aromatic N) is 4. The Morgan fingerprint density at radius 1 is 1.15 bits per heavy atom. The molecule has 4 fully saturated rings. The maximum Gasteiger partial charge on any atom is 0.248 e. The average Bonchev–Trinajstić information content (AvgIpc) is 3.65. The van der Waals surface area contributed by atoms with Gasteiger partial charge in [0.25, 0.3) is 0 Å². The maximum absolute atomic E-state index is 14.4. The molecule has 6 atom stereocenters. The Bertz CT molecular complexity index is 1140. The van der Waals surface area contributed by atoms with Crippen molar-refractivity contribution in [1.82, 2.24) is 14.7 Å². The summed E-state index contributed by atoms with van der Waals surface area (Å²) in [6.45, 7) is 13.8. The summed E-state index contributed by atoms with van der Waals surface area (Å²) in [4.78, 5) is 50.0. The van der Waals surface area contributed by atoms with Crippen LogP contribution in [0.15, 0.2) is 55.6 Å². The number of aliphatic hydroxyl groups is 1. The number of hydrogen-bond acceptors (Lipinski definition) is 7. The Labute approximate surface area is 242 Å². The first-order valence-electron chi connectivity index (χ1n) is 14.7. The van der Waals surface area contributed by atoms with Gasteiger partial charge in [-0.25, -0.2) is 0 Å². The number of morpholine rings is 1. The first kappa shape index (κ1) is 29.4. The fraction of sp³-hybridized carbons (Fsp3) is 0.581. The van der Waals surface area contributed by atoms with E-state index in [4.69, 9.17) is 9.47 Å². The number of amides is 3. The maximum atomic E-state index is 14.4. The van der Waals surface area contributed by atoms with Gasteiger partial charge in [0.1, 0.15) is 11.6 Å². The molecule has 5 rings (SSSR count). The predicted octanol–water partition coefficient (Wildman–Crippen LogP) is 1.31. The van der Waals surface area contributed by atoms with Crippen molar-refractivity contribution >= 4 is 23.4 Å². The standard InChI is InChI=1S/C31H42N4O6/c1-4-13-33(16-15-32-17-19-40-20-18-32)30(39)27-31-12-11-24(41-31)25(26(31)29(38)35(27)22(3)21-36)28(37)34(14-5-2)23-9-7-6-8-10-23/h4-10,22,24-27,36H,1-2,11-21H2,3H3/t22-,24-,25+,26+,27?,31?/m1/s1. The van der Waals surface area contributed by atoms with Crippen LogP contribution in [0.1, 0.15) is 19.8 Å².